The van der Waals surface area contributed by atoms with E-state index < -0.39 is 0 Å². The Morgan fingerprint density at radius 1 is 1.16 bits per heavy atom. The van der Waals surface area contributed by atoms with Gasteiger partial charge in [0.15, 0.2) is 0 Å². The molecule has 1 aromatic heterocycles. The number of Topliss-reactive ketones (excluding diaryl/α,β-unsaturated/α-hetero) is 1. The first kappa shape index (κ1) is 21.7. The first-order valence-corrected chi connectivity index (χ1v) is 11.0. The number of carbonyl (C=O) groups excluding carboxylic acids is 2. The van der Waals surface area contributed by atoms with Gasteiger partial charge < -0.3 is 4.74 Å². The molecule has 3 aromatic rings. The molecule has 7 heteroatoms. The number of hydrogen-bond acceptors (Lipinski definition) is 5. The van der Waals surface area contributed by atoms with Gasteiger partial charge in [0.1, 0.15) is 17.4 Å². The molecule has 2 N–H and O–H groups in total. The van der Waals surface area contributed by atoms with Gasteiger partial charge in [0.2, 0.25) is 11.9 Å². The quantitative estimate of drug-likeness (QED) is 0.560. The maximum absolute atomic E-state index is 12.7. The zero-order valence-corrected chi connectivity index (χ0v) is 18.4. The van der Waals surface area contributed by atoms with Crippen LogP contribution in [0.4, 0.5) is 5.95 Å². The van der Waals surface area contributed by atoms with Crippen molar-refractivity contribution in [2.45, 2.75) is 44.9 Å². The summed E-state index contributed by atoms with van der Waals surface area (Å²) in [6, 6.07) is 15.7. The second-order valence-electron chi connectivity index (χ2n) is 8.34. The van der Waals surface area contributed by atoms with Gasteiger partial charge in [-0.25, -0.2) is 0 Å². The minimum atomic E-state index is -0.347. The van der Waals surface area contributed by atoms with E-state index in [2.05, 4.69) is 20.5 Å². The van der Waals surface area contributed by atoms with Crippen LogP contribution in [0.1, 0.15) is 54.6 Å². The summed E-state index contributed by atoms with van der Waals surface area (Å²) in [5.74, 6) is 1.75. The van der Waals surface area contributed by atoms with E-state index in [1.54, 1.807) is 7.11 Å². The van der Waals surface area contributed by atoms with E-state index in [4.69, 9.17) is 4.74 Å². The zero-order chi connectivity index (χ0) is 22.5. The van der Waals surface area contributed by atoms with Crippen LogP contribution in [-0.2, 0) is 22.4 Å². The Balaban J connectivity index is 1.32. The van der Waals surface area contributed by atoms with Crippen molar-refractivity contribution in [1.29, 1.82) is 0 Å². The third-order valence-electron chi connectivity index (χ3n) is 6.08. The largest absolute Gasteiger partial charge is 0.497 e. The average Bonchev–Trinajstić information content (AvgIpc) is 3.42. The highest BCUT2D eigenvalue weighted by Crippen LogP contribution is 2.26. The lowest BCUT2D eigenvalue weighted by atomic mass is 9.94. The van der Waals surface area contributed by atoms with Crippen molar-refractivity contribution in [3.05, 3.63) is 71.0 Å². The summed E-state index contributed by atoms with van der Waals surface area (Å²) < 4.78 is 5.17. The number of H-pyrrole nitrogens is 1. The van der Waals surface area contributed by atoms with Crippen LogP contribution in [-0.4, -0.2) is 34.0 Å². The highest BCUT2D eigenvalue weighted by atomic mass is 16.5. The highest BCUT2D eigenvalue weighted by Gasteiger charge is 2.24. The number of amides is 1. The van der Waals surface area contributed by atoms with Crippen molar-refractivity contribution in [3.8, 4) is 5.75 Å². The van der Waals surface area contributed by atoms with E-state index in [1.165, 1.54) is 0 Å². The second-order valence-corrected chi connectivity index (χ2v) is 8.34. The Kier molecular flexibility index (Phi) is 6.63. The van der Waals surface area contributed by atoms with Crippen LogP contribution >= 0.6 is 0 Å². The number of aromatic nitrogens is 3. The fourth-order valence-electron chi connectivity index (χ4n) is 4.07. The lowest BCUT2D eigenvalue weighted by Gasteiger charge is -2.13. The van der Waals surface area contributed by atoms with Crippen LogP contribution in [0.25, 0.3) is 0 Å². The monoisotopic (exact) mass is 432 g/mol. The first-order chi connectivity index (χ1) is 15.5. The number of nitrogens with one attached hydrogen (secondary N) is 2. The van der Waals surface area contributed by atoms with Crippen molar-refractivity contribution >= 4 is 17.6 Å². The van der Waals surface area contributed by atoms with Crippen molar-refractivity contribution < 1.29 is 14.3 Å². The molecule has 166 valence electrons. The molecule has 7 nitrogen and oxygen atoms in total. The van der Waals surface area contributed by atoms with E-state index >= 15 is 0 Å². The molecule has 0 saturated heterocycles. The van der Waals surface area contributed by atoms with Crippen LogP contribution in [0, 0.1) is 5.92 Å². The smallest absolute Gasteiger partial charge is 0.248 e. The van der Waals surface area contributed by atoms with Crippen molar-refractivity contribution in [3.63, 3.8) is 0 Å². The predicted molar refractivity (Wildman–Crippen MR) is 122 cm³/mol. The number of rotatable bonds is 8. The lowest BCUT2D eigenvalue weighted by Crippen LogP contribution is -2.19. The summed E-state index contributed by atoms with van der Waals surface area (Å²) in [6.45, 7) is 1.86. The van der Waals surface area contributed by atoms with Crippen LogP contribution in [0.5, 0.6) is 5.75 Å². The summed E-state index contributed by atoms with van der Waals surface area (Å²) in [7, 11) is 1.63. The molecule has 1 saturated carbocycles. The summed E-state index contributed by atoms with van der Waals surface area (Å²) in [4.78, 5) is 28.9. The molecule has 4 rings (SSSR count). The molecule has 1 fully saturated rings. The SMILES string of the molecule is COc1ccc(Cc2nc(NC(=O)[C@@H](C)c3ccc(C[C@H]4CCCC4=O)cc3)n[nH]2)cc1. The van der Waals surface area contributed by atoms with Crippen LogP contribution in [0.15, 0.2) is 48.5 Å². The second kappa shape index (κ2) is 9.77. The molecular formula is C25H28N4O3. The van der Waals surface area contributed by atoms with E-state index in [0.717, 1.165) is 41.7 Å². The van der Waals surface area contributed by atoms with Gasteiger partial charge in [-0.3, -0.25) is 20.0 Å². The lowest BCUT2D eigenvalue weighted by molar-refractivity contribution is -0.120. The van der Waals surface area contributed by atoms with E-state index in [9.17, 15) is 9.59 Å². The standard InChI is InChI=1S/C25H28N4O3/c1-16(19-10-6-17(7-11-19)14-20-4-3-5-22(20)30)24(31)27-25-26-23(28-29-25)15-18-8-12-21(32-2)13-9-18/h6-13,16,20H,3-5,14-15H2,1-2H3,(H2,26,27,28,29,31)/t16-,20+/m0/s1. The number of nitrogens with zero attached hydrogens (tertiary/aromatic N) is 2. The number of carbonyl (C=O) groups is 2. The van der Waals surface area contributed by atoms with E-state index in [-0.39, 0.29) is 23.7 Å². The minimum Gasteiger partial charge on any atom is -0.497 e. The molecule has 0 radical (unpaired) electrons. The summed E-state index contributed by atoms with van der Waals surface area (Å²) in [5.41, 5.74) is 3.12. The number of aromatic amines is 1. The van der Waals surface area contributed by atoms with Gasteiger partial charge in [-0.2, -0.15) is 4.98 Å². The molecule has 1 heterocycles. The molecule has 2 atom stereocenters. The molecule has 0 bridgehead atoms. The Morgan fingerprint density at radius 3 is 2.53 bits per heavy atom. The molecule has 1 amide bonds. The molecule has 1 aliphatic rings. The number of benzene rings is 2. The molecule has 2 aromatic carbocycles. The van der Waals surface area contributed by atoms with Gasteiger partial charge >= 0.3 is 0 Å². The van der Waals surface area contributed by atoms with Crippen LogP contribution in [0.2, 0.25) is 0 Å². The Bertz CT molecular complexity index is 1070. The fourth-order valence-corrected chi connectivity index (χ4v) is 4.07. The minimum absolute atomic E-state index is 0.152. The van der Waals surface area contributed by atoms with Gasteiger partial charge in [-0.1, -0.05) is 36.4 Å². The number of ketones is 1. The molecule has 1 aliphatic carbocycles. The first-order valence-electron chi connectivity index (χ1n) is 11.0. The Morgan fingerprint density at radius 2 is 1.88 bits per heavy atom. The van der Waals surface area contributed by atoms with Gasteiger partial charge in [0, 0.05) is 18.8 Å². The summed E-state index contributed by atoms with van der Waals surface area (Å²) >= 11 is 0. The van der Waals surface area contributed by atoms with Gasteiger partial charge in [-0.15, -0.1) is 5.10 Å². The molecule has 0 spiro atoms. The van der Waals surface area contributed by atoms with E-state index in [0.29, 0.717) is 24.4 Å². The zero-order valence-electron chi connectivity index (χ0n) is 18.4. The Labute approximate surface area is 187 Å². The van der Waals surface area contributed by atoms with E-state index in [1.807, 2.05) is 55.5 Å². The molecule has 0 aliphatic heterocycles. The van der Waals surface area contributed by atoms with Gasteiger partial charge in [-0.05, 0) is 55.0 Å². The maximum atomic E-state index is 12.7. The van der Waals surface area contributed by atoms with Crippen molar-refractivity contribution in [1.82, 2.24) is 15.2 Å². The fraction of sp³-hybridized carbons (Fsp3) is 0.360. The number of hydrogen-bond donors (Lipinski definition) is 2. The number of methoxy groups -OCH3 is 1. The average molecular weight is 433 g/mol. The number of ether oxygens (including phenoxy) is 1. The highest BCUT2D eigenvalue weighted by molar-refractivity contribution is 5.94. The Hall–Kier alpha value is -3.48. The maximum Gasteiger partial charge on any atom is 0.248 e. The van der Waals surface area contributed by atoms with Crippen LogP contribution < -0.4 is 10.1 Å². The normalized spacial score (nSPS) is 16.7. The van der Waals surface area contributed by atoms with Gasteiger partial charge in [0.05, 0.1) is 13.0 Å². The topological polar surface area (TPSA) is 97.0 Å². The summed E-state index contributed by atoms with van der Waals surface area (Å²) in [6.07, 6.45) is 4.06. The molecule has 0 unspecified atom stereocenters. The van der Waals surface area contributed by atoms with Crippen molar-refractivity contribution in [2.75, 3.05) is 12.4 Å². The van der Waals surface area contributed by atoms with Crippen molar-refractivity contribution in [2.24, 2.45) is 5.92 Å². The third-order valence-corrected chi connectivity index (χ3v) is 6.08. The van der Waals surface area contributed by atoms with Crippen LogP contribution in [0.3, 0.4) is 0 Å². The molecular weight excluding hydrogens is 404 g/mol. The molecule has 32 heavy (non-hydrogen) atoms. The predicted octanol–water partition coefficient (Wildman–Crippen LogP) is 4.06. The number of anilines is 1. The third kappa shape index (κ3) is 5.22. The van der Waals surface area contributed by atoms with Gasteiger partial charge in [0.25, 0.3) is 0 Å². The summed E-state index contributed by atoms with van der Waals surface area (Å²) in [5, 5.41) is 9.78.